The average Bonchev–Trinajstić information content (AvgIpc) is 3.19. The summed E-state index contributed by atoms with van der Waals surface area (Å²) in [5.41, 5.74) is 3.38. The Morgan fingerprint density at radius 1 is 1.31 bits per heavy atom. The van der Waals surface area contributed by atoms with Gasteiger partial charge in [-0.3, -0.25) is 9.59 Å². The van der Waals surface area contributed by atoms with Gasteiger partial charge in [0.2, 0.25) is 5.91 Å². The Balaban J connectivity index is 1.71. The fourth-order valence-electron chi connectivity index (χ4n) is 3.19. The number of rotatable bonds is 5. The van der Waals surface area contributed by atoms with Gasteiger partial charge in [-0.2, -0.15) is 0 Å². The second-order valence-electron chi connectivity index (χ2n) is 6.44. The van der Waals surface area contributed by atoms with Crippen molar-refractivity contribution in [3.63, 3.8) is 0 Å². The molecule has 0 saturated carbocycles. The number of methoxy groups -OCH3 is 1. The van der Waals surface area contributed by atoms with E-state index < -0.39 is 0 Å². The zero-order chi connectivity index (χ0) is 20.4. The smallest absolute Gasteiger partial charge is 0.267 e. The summed E-state index contributed by atoms with van der Waals surface area (Å²) in [6.07, 6.45) is 4.78. The second-order valence-corrected chi connectivity index (χ2v) is 6.44. The summed E-state index contributed by atoms with van der Waals surface area (Å²) in [5, 5.41) is 5.55. The molecule has 1 aliphatic heterocycles. The Bertz CT molecular complexity index is 1120. The number of benzene rings is 1. The molecule has 0 spiro atoms. The van der Waals surface area contributed by atoms with Crippen molar-refractivity contribution in [2.45, 2.75) is 6.54 Å². The van der Waals surface area contributed by atoms with E-state index in [4.69, 9.17) is 4.74 Å². The first-order chi connectivity index (χ1) is 14.1. The highest BCUT2D eigenvalue weighted by Gasteiger charge is 2.19. The van der Waals surface area contributed by atoms with E-state index in [1.165, 1.54) is 13.2 Å². The molecule has 0 atom stereocenters. The second kappa shape index (κ2) is 7.59. The molecule has 1 aromatic carbocycles. The van der Waals surface area contributed by atoms with E-state index in [0.29, 0.717) is 40.8 Å². The van der Waals surface area contributed by atoms with Crippen LogP contribution in [0.1, 0.15) is 10.5 Å². The molecule has 0 aliphatic carbocycles. The summed E-state index contributed by atoms with van der Waals surface area (Å²) in [6.45, 7) is 4.80. The van der Waals surface area contributed by atoms with E-state index in [0.717, 1.165) is 12.1 Å². The van der Waals surface area contributed by atoms with Crippen LogP contribution in [0.15, 0.2) is 55.4 Å². The van der Waals surface area contributed by atoms with E-state index in [1.807, 2.05) is 22.9 Å². The molecular weight excluding hydrogens is 370 g/mol. The van der Waals surface area contributed by atoms with Gasteiger partial charge in [0.05, 0.1) is 18.5 Å². The number of anilines is 1. The lowest BCUT2D eigenvalue weighted by Gasteiger charge is -2.14. The highest BCUT2D eigenvalue weighted by atomic mass is 16.5. The minimum Gasteiger partial charge on any atom is -0.495 e. The number of hydrogen-bond donors (Lipinski definition) is 2. The summed E-state index contributed by atoms with van der Waals surface area (Å²) in [6, 6.07) is 8.93. The van der Waals surface area contributed by atoms with Crippen LogP contribution in [0.5, 0.6) is 5.75 Å². The molecule has 4 rings (SSSR count). The third-order valence-electron chi connectivity index (χ3n) is 4.62. The molecule has 8 heteroatoms. The van der Waals surface area contributed by atoms with E-state index in [-0.39, 0.29) is 11.8 Å². The zero-order valence-corrected chi connectivity index (χ0v) is 15.8. The van der Waals surface area contributed by atoms with Crippen LogP contribution in [-0.2, 0) is 11.3 Å². The Hall–Kier alpha value is -3.94. The molecule has 3 heterocycles. The monoisotopic (exact) mass is 389 g/mol. The maximum atomic E-state index is 12.0. The Kier molecular flexibility index (Phi) is 4.82. The van der Waals surface area contributed by atoms with Crippen LogP contribution in [0.25, 0.3) is 22.6 Å². The molecule has 146 valence electrons. The molecule has 3 aromatic rings. The number of aromatic nitrogens is 3. The third-order valence-corrected chi connectivity index (χ3v) is 4.62. The third kappa shape index (κ3) is 3.60. The summed E-state index contributed by atoms with van der Waals surface area (Å²) < 4.78 is 7.22. The maximum absolute atomic E-state index is 12.0. The number of nitrogens with zero attached hydrogens (tertiary/aromatic N) is 3. The molecule has 1 aliphatic rings. The number of nitrogens with one attached hydrogen (secondary N) is 2. The van der Waals surface area contributed by atoms with Gasteiger partial charge in [0.25, 0.3) is 5.91 Å². The number of hydrogen-bond acceptors (Lipinski definition) is 5. The summed E-state index contributed by atoms with van der Waals surface area (Å²) in [5.74, 6) is 0.585. The van der Waals surface area contributed by atoms with Crippen LogP contribution in [0.3, 0.4) is 0 Å². The molecule has 8 nitrogen and oxygen atoms in total. The van der Waals surface area contributed by atoms with E-state index in [1.54, 1.807) is 24.4 Å². The highest BCUT2D eigenvalue weighted by Crippen LogP contribution is 2.30. The van der Waals surface area contributed by atoms with Gasteiger partial charge in [-0.15, -0.1) is 0 Å². The molecule has 2 N–H and O–H groups in total. The predicted molar refractivity (Wildman–Crippen MR) is 109 cm³/mol. The zero-order valence-electron chi connectivity index (χ0n) is 15.8. The molecule has 0 unspecified atom stereocenters. The number of amides is 2. The van der Waals surface area contributed by atoms with Crippen molar-refractivity contribution >= 4 is 17.5 Å². The Morgan fingerprint density at radius 3 is 2.93 bits per heavy atom. The van der Waals surface area contributed by atoms with Gasteiger partial charge in [0.1, 0.15) is 11.4 Å². The lowest BCUT2D eigenvalue weighted by atomic mass is 10.1. The summed E-state index contributed by atoms with van der Waals surface area (Å²) in [7, 11) is 1.53. The van der Waals surface area contributed by atoms with Gasteiger partial charge in [0, 0.05) is 36.6 Å². The van der Waals surface area contributed by atoms with E-state index >= 15 is 0 Å². The first-order valence-electron chi connectivity index (χ1n) is 9.02. The molecule has 0 radical (unpaired) electrons. The molecule has 0 saturated heterocycles. The van der Waals surface area contributed by atoms with Crippen molar-refractivity contribution in [1.29, 1.82) is 0 Å². The van der Waals surface area contributed by atoms with Crippen LogP contribution in [-0.4, -0.2) is 40.0 Å². The van der Waals surface area contributed by atoms with Crippen molar-refractivity contribution in [3.8, 4) is 28.4 Å². The normalized spacial score (nSPS) is 12.7. The molecule has 29 heavy (non-hydrogen) atoms. The Labute approximate surface area is 167 Å². The number of fused-ring (bicyclic) bond motifs is 1. The van der Waals surface area contributed by atoms with E-state index in [9.17, 15) is 9.59 Å². The Morgan fingerprint density at radius 2 is 2.17 bits per heavy atom. The molecule has 2 aromatic heterocycles. The number of carbonyl (C=O) groups excluding carboxylic acids is 2. The van der Waals surface area contributed by atoms with Crippen LogP contribution < -0.4 is 15.4 Å². The standard InChI is InChI=1S/C21H19N5O3/c1-3-19(27)24-16-10-13(4-5-18(16)29-2)20-22-7-6-15(25-20)14-11-17-21(28)23-8-9-26(17)12-14/h3-7,10-12H,1,8-9H2,2H3,(H,23,28)(H,24,27). The van der Waals surface area contributed by atoms with Gasteiger partial charge in [-0.05, 0) is 36.4 Å². The van der Waals surface area contributed by atoms with Gasteiger partial charge in [-0.1, -0.05) is 6.58 Å². The highest BCUT2D eigenvalue weighted by molar-refractivity contribution is 6.00. The summed E-state index contributed by atoms with van der Waals surface area (Å²) in [4.78, 5) is 32.7. The molecule has 0 bridgehead atoms. The molecule has 2 amide bonds. The van der Waals surface area contributed by atoms with Crippen LogP contribution in [0.4, 0.5) is 5.69 Å². The van der Waals surface area contributed by atoms with Gasteiger partial charge in [-0.25, -0.2) is 9.97 Å². The van der Waals surface area contributed by atoms with Crippen molar-refractivity contribution < 1.29 is 14.3 Å². The maximum Gasteiger partial charge on any atom is 0.267 e. The lowest BCUT2D eigenvalue weighted by Crippen LogP contribution is -2.34. The fraction of sp³-hybridized carbons (Fsp3) is 0.143. The van der Waals surface area contributed by atoms with Crippen LogP contribution in [0, 0.1) is 0 Å². The van der Waals surface area contributed by atoms with Gasteiger partial charge in [0.15, 0.2) is 5.82 Å². The van der Waals surface area contributed by atoms with Gasteiger partial charge >= 0.3 is 0 Å². The number of carbonyl (C=O) groups is 2. The number of ether oxygens (including phenoxy) is 1. The van der Waals surface area contributed by atoms with Crippen molar-refractivity contribution in [2.75, 3.05) is 19.0 Å². The topological polar surface area (TPSA) is 98.1 Å². The minimum absolute atomic E-state index is 0.0884. The van der Waals surface area contributed by atoms with Crippen LogP contribution in [0.2, 0.25) is 0 Å². The quantitative estimate of drug-likeness (QED) is 0.654. The van der Waals surface area contributed by atoms with Crippen LogP contribution >= 0.6 is 0 Å². The summed E-state index contributed by atoms with van der Waals surface area (Å²) >= 11 is 0. The predicted octanol–water partition coefficient (Wildman–Crippen LogP) is 2.49. The first kappa shape index (κ1) is 18.4. The van der Waals surface area contributed by atoms with E-state index in [2.05, 4.69) is 27.2 Å². The SMILES string of the molecule is C=CC(=O)Nc1cc(-c2nccc(-c3cc4n(c3)CCNC4=O)n2)ccc1OC. The van der Waals surface area contributed by atoms with Crippen molar-refractivity contribution in [2.24, 2.45) is 0 Å². The first-order valence-corrected chi connectivity index (χ1v) is 9.02. The molecule has 0 fully saturated rings. The lowest BCUT2D eigenvalue weighted by molar-refractivity contribution is -0.111. The average molecular weight is 389 g/mol. The van der Waals surface area contributed by atoms with Gasteiger partial charge < -0.3 is 19.9 Å². The van der Waals surface area contributed by atoms with Crippen molar-refractivity contribution in [1.82, 2.24) is 19.9 Å². The van der Waals surface area contributed by atoms with Crippen molar-refractivity contribution in [3.05, 3.63) is 61.1 Å². The molecular formula is C21H19N5O3. The largest absolute Gasteiger partial charge is 0.495 e. The fourth-order valence-corrected chi connectivity index (χ4v) is 3.19. The minimum atomic E-state index is -0.340.